The average molecular weight is 286 g/mol. The molecule has 2 aromatic carbocycles. The highest BCUT2D eigenvalue weighted by atomic mass is 16.5. The molecule has 0 heterocycles. The number of benzene rings is 2. The molecule has 0 fully saturated rings. The van der Waals surface area contributed by atoms with Crippen LogP contribution in [0.5, 0.6) is 11.5 Å². The Morgan fingerprint density at radius 1 is 1.00 bits per heavy atom. The molecule has 0 bridgehead atoms. The van der Waals surface area contributed by atoms with Crippen molar-refractivity contribution in [2.24, 2.45) is 0 Å². The van der Waals surface area contributed by atoms with E-state index in [4.69, 9.17) is 14.6 Å². The molecule has 110 valence electrons. The molecule has 0 aliphatic heterocycles. The van der Waals surface area contributed by atoms with Gasteiger partial charge in [-0.25, -0.2) is 0 Å². The number of hydrogen-bond acceptors (Lipinski definition) is 3. The van der Waals surface area contributed by atoms with Gasteiger partial charge in [-0.1, -0.05) is 30.3 Å². The Bertz CT molecular complexity index is 609. The van der Waals surface area contributed by atoms with Crippen LogP contribution in [0, 0.1) is 0 Å². The maximum atomic E-state index is 11.0. The van der Waals surface area contributed by atoms with Crippen molar-refractivity contribution in [2.75, 3.05) is 14.2 Å². The smallest absolute Gasteiger partial charge is 0.310 e. The second-order valence-electron chi connectivity index (χ2n) is 4.72. The van der Waals surface area contributed by atoms with Gasteiger partial charge in [0.25, 0.3) is 0 Å². The van der Waals surface area contributed by atoms with Crippen molar-refractivity contribution in [3.05, 3.63) is 48.0 Å². The van der Waals surface area contributed by atoms with E-state index >= 15 is 0 Å². The molecule has 21 heavy (non-hydrogen) atoms. The number of aliphatic carboxylic acids is 1. The summed E-state index contributed by atoms with van der Waals surface area (Å²) >= 11 is 0. The van der Waals surface area contributed by atoms with E-state index < -0.39 is 11.9 Å². The number of rotatable bonds is 5. The lowest BCUT2D eigenvalue weighted by atomic mass is 9.97. The molecule has 0 aromatic heterocycles. The van der Waals surface area contributed by atoms with Crippen molar-refractivity contribution in [1.29, 1.82) is 0 Å². The summed E-state index contributed by atoms with van der Waals surface area (Å²) in [4.78, 5) is 11.0. The highest BCUT2D eigenvalue weighted by Gasteiger charge is 2.15. The number of carboxylic acids is 1. The second kappa shape index (κ2) is 6.31. The van der Waals surface area contributed by atoms with Crippen LogP contribution in [0.3, 0.4) is 0 Å². The number of ether oxygens (including phenoxy) is 2. The minimum Gasteiger partial charge on any atom is -0.496 e. The predicted octanol–water partition coefficient (Wildman–Crippen LogP) is 3.56. The van der Waals surface area contributed by atoms with E-state index in [9.17, 15) is 4.79 Å². The fourth-order valence-corrected chi connectivity index (χ4v) is 2.22. The summed E-state index contributed by atoms with van der Waals surface area (Å²) in [6, 6.07) is 13.0. The molecule has 0 radical (unpaired) electrons. The summed E-state index contributed by atoms with van der Waals surface area (Å²) in [7, 11) is 3.22. The highest BCUT2D eigenvalue weighted by Crippen LogP contribution is 2.38. The van der Waals surface area contributed by atoms with Crippen LogP contribution < -0.4 is 9.47 Å². The molecule has 2 rings (SSSR count). The predicted molar refractivity (Wildman–Crippen MR) is 81.0 cm³/mol. The number of methoxy groups -OCH3 is 2. The van der Waals surface area contributed by atoms with Crippen LogP contribution in [0.4, 0.5) is 0 Å². The lowest BCUT2D eigenvalue weighted by Crippen LogP contribution is -2.07. The molecular formula is C17H18O4. The van der Waals surface area contributed by atoms with Crippen LogP contribution in [0.15, 0.2) is 42.5 Å². The first-order valence-electron chi connectivity index (χ1n) is 6.62. The molecule has 0 amide bonds. The molecule has 4 heteroatoms. The van der Waals surface area contributed by atoms with E-state index in [0.717, 1.165) is 16.7 Å². The monoisotopic (exact) mass is 286 g/mol. The summed E-state index contributed by atoms with van der Waals surface area (Å²) < 4.78 is 10.8. The van der Waals surface area contributed by atoms with Gasteiger partial charge in [-0.2, -0.15) is 0 Å². The summed E-state index contributed by atoms with van der Waals surface area (Å²) in [6.07, 6.45) is 0. The second-order valence-corrected chi connectivity index (χ2v) is 4.72. The first-order valence-corrected chi connectivity index (χ1v) is 6.62. The standard InChI is InChI=1S/C17H18O4/c1-11(17(18)19)12-7-9-13(10-8-12)16-14(20-2)5-4-6-15(16)21-3/h4-11H,1-3H3,(H,18,19). The molecule has 0 spiro atoms. The Balaban J connectivity index is 2.46. The van der Waals surface area contributed by atoms with E-state index in [0.29, 0.717) is 11.5 Å². The third-order valence-corrected chi connectivity index (χ3v) is 3.50. The molecule has 2 aromatic rings. The molecule has 0 saturated heterocycles. The molecular weight excluding hydrogens is 268 g/mol. The maximum absolute atomic E-state index is 11.0. The molecule has 1 unspecified atom stereocenters. The minimum absolute atomic E-state index is 0.529. The number of carbonyl (C=O) groups is 1. The molecule has 1 atom stereocenters. The molecule has 1 N–H and O–H groups in total. The zero-order valence-electron chi connectivity index (χ0n) is 12.3. The van der Waals surface area contributed by atoms with Crippen molar-refractivity contribution >= 4 is 5.97 Å². The van der Waals surface area contributed by atoms with Gasteiger partial charge >= 0.3 is 5.97 Å². The van der Waals surface area contributed by atoms with Gasteiger partial charge in [0.1, 0.15) is 11.5 Å². The maximum Gasteiger partial charge on any atom is 0.310 e. The first-order chi connectivity index (χ1) is 10.1. The van der Waals surface area contributed by atoms with Gasteiger partial charge in [0.15, 0.2) is 0 Å². The van der Waals surface area contributed by atoms with Gasteiger partial charge in [0, 0.05) is 0 Å². The van der Waals surface area contributed by atoms with Crippen molar-refractivity contribution < 1.29 is 19.4 Å². The van der Waals surface area contributed by atoms with Crippen molar-refractivity contribution in [1.82, 2.24) is 0 Å². The lowest BCUT2D eigenvalue weighted by Gasteiger charge is -2.14. The van der Waals surface area contributed by atoms with Crippen LogP contribution >= 0.6 is 0 Å². The summed E-state index contributed by atoms with van der Waals surface area (Å²) in [5.41, 5.74) is 2.54. The van der Waals surface area contributed by atoms with Crippen LogP contribution in [-0.4, -0.2) is 25.3 Å². The SMILES string of the molecule is COc1cccc(OC)c1-c1ccc(C(C)C(=O)O)cc1. The molecule has 0 saturated carbocycles. The van der Waals surface area contributed by atoms with E-state index in [1.807, 2.05) is 42.5 Å². The van der Waals surface area contributed by atoms with Gasteiger partial charge in [-0.3, -0.25) is 4.79 Å². The number of hydrogen-bond donors (Lipinski definition) is 1. The average Bonchev–Trinajstić information content (AvgIpc) is 2.53. The van der Waals surface area contributed by atoms with Gasteiger partial charge in [0.2, 0.25) is 0 Å². The quantitative estimate of drug-likeness (QED) is 0.913. The van der Waals surface area contributed by atoms with Gasteiger partial charge < -0.3 is 14.6 Å². The Morgan fingerprint density at radius 2 is 1.52 bits per heavy atom. The Labute approximate surface area is 123 Å². The topological polar surface area (TPSA) is 55.8 Å². The fraction of sp³-hybridized carbons (Fsp3) is 0.235. The van der Waals surface area contributed by atoms with Gasteiger partial charge in [0.05, 0.1) is 25.7 Å². The Hall–Kier alpha value is -2.49. The minimum atomic E-state index is -0.836. The van der Waals surface area contributed by atoms with E-state index in [1.165, 1.54) is 0 Å². The number of carboxylic acid groups (broad SMARTS) is 1. The molecule has 4 nitrogen and oxygen atoms in total. The third kappa shape index (κ3) is 2.99. The van der Waals surface area contributed by atoms with Gasteiger partial charge in [-0.05, 0) is 30.2 Å². The van der Waals surface area contributed by atoms with E-state index in [2.05, 4.69) is 0 Å². The molecule has 0 aliphatic carbocycles. The largest absolute Gasteiger partial charge is 0.496 e. The van der Waals surface area contributed by atoms with E-state index in [1.54, 1.807) is 21.1 Å². The fourth-order valence-electron chi connectivity index (χ4n) is 2.22. The Kier molecular flexibility index (Phi) is 4.48. The van der Waals surface area contributed by atoms with Crippen molar-refractivity contribution in [2.45, 2.75) is 12.8 Å². The lowest BCUT2D eigenvalue weighted by molar-refractivity contribution is -0.138. The van der Waals surface area contributed by atoms with Crippen LogP contribution in [0.1, 0.15) is 18.4 Å². The Morgan fingerprint density at radius 3 is 1.95 bits per heavy atom. The zero-order chi connectivity index (χ0) is 15.4. The third-order valence-electron chi connectivity index (χ3n) is 3.50. The van der Waals surface area contributed by atoms with Crippen LogP contribution in [0.2, 0.25) is 0 Å². The van der Waals surface area contributed by atoms with Crippen molar-refractivity contribution in [3.63, 3.8) is 0 Å². The van der Waals surface area contributed by atoms with Gasteiger partial charge in [-0.15, -0.1) is 0 Å². The summed E-state index contributed by atoms with van der Waals surface area (Å²) in [5, 5.41) is 9.05. The first kappa shape index (κ1) is 14.9. The normalized spacial score (nSPS) is 11.8. The molecule has 0 aliphatic rings. The highest BCUT2D eigenvalue weighted by molar-refractivity contribution is 5.79. The van der Waals surface area contributed by atoms with Crippen LogP contribution in [0.25, 0.3) is 11.1 Å². The van der Waals surface area contributed by atoms with Crippen molar-refractivity contribution in [3.8, 4) is 22.6 Å². The summed E-state index contributed by atoms with van der Waals surface area (Å²) in [5.74, 6) is 0.0676. The van der Waals surface area contributed by atoms with Crippen LogP contribution in [-0.2, 0) is 4.79 Å². The zero-order valence-corrected chi connectivity index (χ0v) is 12.3. The van der Waals surface area contributed by atoms with E-state index in [-0.39, 0.29) is 0 Å². The summed E-state index contributed by atoms with van der Waals surface area (Å²) in [6.45, 7) is 1.67.